The van der Waals surface area contributed by atoms with Crippen LogP contribution in [0.15, 0.2) is 66.7 Å². The van der Waals surface area contributed by atoms with Crippen LogP contribution in [0.4, 0.5) is 17.1 Å². The minimum Gasteiger partial charge on any atom is -0.322 e. The van der Waals surface area contributed by atoms with Crippen molar-refractivity contribution >= 4 is 28.9 Å². The summed E-state index contributed by atoms with van der Waals surface area (Å²) in [4.78, 5) is 35.6. The highest BCUT2D eigenvalue weighted by Crippen LogP contribution is 2.23. The Hall–Kier alpha value is -4.00. The molecule has 29 heavy (non-hydrogen) atoms. The van der Waals surface area contributed by atoms with Crippen molar-refractivity contribution in [3.8, 4) is 0 Å². The lowest BCUT2D eigenvalue weighted by Crippen LogP contribution is -2.17. The van der Waals surface area contributed by atoms with Gasteiger partial charge in [-0.15, -0.1) is 0 Å². The number of hydrogen-bond donors (Lipinski definition) is 2. The largest absolute Gasteiger partial charge is 0.322 e. The van der Waals surface area contributed by atoms with Gasteiger partial charge >= 0.3 is 0 Å². The van der Waals surface area contributed by atoms with Gasteiger partial charge in [-0.2, -0.15) is 0 Å². The maximum atomic E-state index is 12.6. The lowest BCUT2D eigenvalue weighted by Gasteiger charge is -2.13. The quantitative estimate of drug-likeness (QED) is 0.487. The van der Waals surface area contributed by atoms with Crippen molar-refractivity contribution in [1.82, 2.24) is 0 Å². The molecule has 0 saturated carbocycles. The molecule has 7 nitrogen and oxygen atoms in total. The number of aryl methyl sites for hydroxylation is 1. The van der Waals surface area contributed by atoms with Gasteiger partial charge < -0.3 is 10.6 Å². The Labute approximate surface area is 167 Å². The summed E-state index contributed by atoms with van der Waals surface area (Å²) in [6.45, 7) is 3.32. The van der Waals surface area contributed by atoms with E-state index in [1.807, 2.05) is 18.2 Å². The molecular weight excluding hydrogens is 370 g/mol. The van der Waals surface area contributed by atoms with E-state index in [9.17, 15) is 19.7 Å². The van der Waals surface area contributed by atoms with E-state index in [1.54, 1.807) is 44.2 Å². The summed E-state index contributed by atoms with van der Waals surface area (Å²) in [6, 6.07) is 18.3. The Morgan fingerprint density at radius 2 is 1.59 bits per heavy atom. The zero-order valence-electron chi connectivity index (χ0n) is 15.9. The number of rotatable bonds is 5. The van der Waals surface area contributed by atoms with Crippen molar-refractivity contribution in [3.63, 3.8) is 0 Å². The Bertz CT molecular complexity index is 1090. The number of anilines is 2. The van der Waals surface area contributed by atoms with E-state index in [2.05, 4.69) is 10.6 Å². The van der Waals surface area contributed by atoms with Gasteiger partial charge in [0.25, 0.3) is 17.5 Å². The van der Waals surface area contributed by atoms with Crippen LogP contribution in [0.2, 0.25) is 0 Å². The van der Waals surface area contributed by atoms with Crippen LogP contribution >= 0.6 is 0 Å². The number of amides is 2. The molecule has 3 rings (SSSR count). The molecule has 0 aliphatic heterocycles. The summed E-state index contributed by atoms with van der Waals surface area (Å²) in [5.74, 6) is -0.692. The van der Waals surface area contributed by atoms with Crippen LogP contribution in [0.1, 0.15) is 31.8 Å². The van der Waals surface area contributed by atoms with Gasteiger partial charge in [-0.1, -0.05) is 24.3 Å². The van der Waals surface area contributed by atoms with Gasteiger partial charge in [0.05, 0.1) is 4.92 Å². The highest BCUT2D eigenvalue weighted by molar-refractivity contribution is 6.08. The van der Waals surface area contributed by atoms with Crippen LogP contribution < -0.4 is 10.6 Å². The van der Waals surface area contributed by atoms with E-state index in [0.717, 1.165) is 0 Å². The van der Waals surface area contributed by atoms with Gasteiger partial charge in [0.1, 0.15) is 0 Å². The smallest absolute Gasteiger partial charge is 0.272 e. The fraction of sp³-hybridized carbons (Fsp3) is 0.0909. The first-order valence-electron chi connectivity index (χ1n) is 8.89. The Balaban J connectivity index is 1.80. The number of carbonyl (C=O) groups is 2. The summed E-state index contributed by atoms with van der Waals surface area (Å²) in [6.07, 6.45) is 0. The fourth-order valence-corrected chi connectivity index (χ4v) is 2.93. The molecule has 0 unspecified atom stereocenters. The number of carbonyl (C=O) groups excluding carboxylic acids is 2. The monoisotopic (exact) mass is 389 g/mol. The first kappa shape index (κ1) is 19.8. The standard InChI is InChI=1S/C22H19N3O4/c1-14-13-16(11-12-20(14)25(28)29)21(26)24-19-10-6-9-18(15(19)2)22(27)23-17-7-4-3-5-8-17/h3-13H,1-2H3,(H,23,27)(H,24,26). The molecule has 146 valence electrons. The number of nitro groups is 1. The first-order valence-corrected chi connectivity index (χ1v) is 8.89. The molecule has 7 heteroatoms. The molecule has 3 aromatic carbocycles. The second-order valence-corrected chi connectivity index (χ2v) is 6.51. The van der Waals surface area contributed by atoms with Gasteiger partial charge in [-0.05, 0) is 55.8 Å². The van der Waals surface area contributed by atoms with E-state index >= 15 is 0 Å². The van der Waals surface area contributed by atoms with E-state index in [4.69, 9.17) is 0 Å². The highest BCUT2D eigenvalue weighted by atomic mass is 16.6. The predicted molar refractivity (Wildman–Crippen MR) is 111 cm³/mol. The molecular formula is C22H19N3O4. The van der Waals surface area contributed by atoms with Crippen LogP contribution in [0.25, 0.3) is 0 Å². The topological polar surface area (TPSA) is 101 Å². The zero-order chi connectivity index (χ0) is 21.0. The second-order valence-electron chi connectivity index (χ2n) is 6.51. The number of para-hydroxylation sites is 1. The van der Waals surface area contributed by atoms with Crippen molar-refractivity contribution in [2.45, 2.75) is 13.8 Å². The predicted octanol–water partition coefficient (Wildman–Crippen LogP) is 4.72. The van der Waals surface area contributed by atoms with Gasteiger partial charge in [-0.3, -0.25) is 19.7 Å². The van der Waals surface area contributed by atoms with E-state index in [-0.39, 0.29) is 11.6 Å². The number of benzene rings is 3. The lowest BCUT2D eigenvalue weighted by molar-refractivity contribution is -0.385. The van der Waals surface area contributed by atoms with Crippen LogP contribution in [0.5, 0.6) is 0 Å². The Kier molecular flexibility index (Phi) is 5.69. The lowest BCUT2D eigenvalue weighted by atomic mass is 10.0. The highest BCUT2D eigenvalue weighted by Gasteiger charge is 2.16. The van der Waals surface area contributed by atoms with E-state index in [0.29, 0.717) is 33.6 Å². The summed E-state index contributed by atoms with van der Waals surface area (Å²) in [5, 5.41) is 16.5. The molecule has 2 amide bonds. The summed E-state index contributed by atoms with van der Waals surface area (Å²) < 4.78 is 0. The molecule has 0 heterocycles. The molecule has 0 bridgehead atoms. The molecule has 0 spiro atoms. The average molecular weight is 389 g/mol. The summed E-state index contributed by atoms with van der Waals surface area (Å²) >= 11 is 0. The third-order valence-electron chi connectivity index (χ3n) is 4.51. The second kappa shape index (κ2) is 8.35. The molecule has 2 N–H and O–H groups in total. The van der Waals surface area contributed by atoms with Gasteiger partial charge in [-0.25, -0.2) is 0 Å². The van der Waals surface area contributed by atoms with Gasteiger partial charge in [0.15, 0.2) is 0 Å². The third kappa shape index (κ3) is 4.47. The zero-order valence-corrected chi connectivity index (χ0v) is 15.9. The SMILES string of the molecule is Cc1cc(C(=O)Nc2cccc(C(=O)Nc3ccccc3)c2C)ccc1[N+](=O)[O-]. The van der Waals surface area contributed by atoms with Crippen LogP contribution in [-0.2, 0) is 0 Å². The van der Waals surface area contributed by atoms with Gasteiger partial charge in [0.2, 0.25) is 0 Å². The molecule has 0 aliphatic carbocycles. The number of nitro benzene ring substituents is 1. The van der Waals surface area contributed by atoms with Crippen LogP contribution in [-0.4, -0.2) is 16.7 Å². The Morgan fingerprint density at radius 3 is 2.24 bits per heavy atom. The van der Waals surface area contributed by atoms with Crippen molar-refractivity contribution < 1.29 is 14.5 Å². The molecule has 0 atom stereocenters. The van der Waals surface area contributed by atoms with E-state index < -0.39 is 10.8 Å². The molecule has 0 aliphatic rings. The third-order valence-corrected chi connectivity index (χ3v) is 4.51. The van der Waals surface area contributed by atoms with Crippen molar-refractivity contribution in [2.75, 3.05) is 10.6 Å². The molecule has 0 saturated heterocycles. The number of nitrogens with zero attached hydrogens (tertiary/aromatic N) is 1. The molecule has 0 fully saturated rings. The maximum absolute atomic E-state index is 12.6. The maximum Gasteiger partial charge on any atom is 0.272 e. The number of nitrogens with one attached hydrogen (secondary N) is 2. The van der Waals surface area contributed by atoms with Gasteiger partial charge in [0, 0.05) is 34.1 Å². The molecule has 0 aromatic heterocycles. The molecule has 0 radical (unpaired) electrons. The van der Waals surface area contributed by atoms with E-state index in [1.165, 1.54) is 18.2 Å². The summed E-state index contributed by atoms with van der Waals surface area (Å²) in [5.41, 5.74) is 2.87. The number of hydrogen-bond acceptors (Lipinski definition) is 4. The van der Waals surface area contributed by atoms with Crippen molar-refractivity contribution in [3.05, 3.63) is 99.1 Å². The Morgan fingerprint density at radius 1 is 0.862 bits per heavy atom. The normalized spacial score (nSPS) is 10.3. The van der Waals surface area contributed by atoms with Crippen LogP contribution in [0, 0.1) is 24.0 Å². The average Bonchev–Trinajstić information content (AvgIpc) is 2.69. The molecule has 3 aromatic rings. The van der Waals surface area contributed by atoms with Crippen molar-refractivity contribution in [1.29, 1.82) is 0 Å². The van der Waals surface area contributed by atoms with Crippen molar-refractivity contribution in [2.24, 2.45) is 0 Å². The minimum absolute atomic E-state index is 0.0442. The minimum atomic E-state index is -0.490. The van der Waals surface area contributed by atoms with Crippen LogP contribution in [0.3, 0.4) is 0 Å². The summed E-state index contributed by atoms with van der Waals surface area (Å²) in [7, 11) is 0. The first-order chi connectivity index (χ1) is 13.9. The fourth-order valence-electron chi connectivity index (χ4n) is 2.93.